The number of likely N-dealkylation sites (tertiary alicyclic amines) is 1. The summed E-state index contributed by atoms with van der Waals surface area (Å²) >= 11 is 3.45. The molecule has 2 rings (SSSR count). The van der Waals surface area contributed by atoms with Crippen molar-refractivity contribution in [2.45, 2.75) is 19.8 Å². The van der Waals surface area contributed by atoms with Gasteiger partial charge in [0.05, 0.1) is 13.1 Å². The first kappa shape index (κ1) is 16.0. The molecular weight excluding hydrogens is 334 g/mol. The van der Waals surface area contributed by atoms with Crippen LogP contribution >= 0.6 is 15.9 Å². The van der Waals surface area contributed by atoms with Crippen molar-refractivity contribution in [1.29, 1.82) is 0 Å². The van der Waals surface area contributed by atoms with Crippen molar-refractivity contribution >= 4 is 33.4 Å². The van der Waals surface area contributed by atoms with Crippen LogP contribution in [0.5, 0.6) is 0 Å². The third-order valence-corrected chi connectivity index (χ3v) is 4.82. The first-order valence-corrected chi connectivity index (χ1v) is 7.94. The fourth-order valence-corrected chi connectivity index (χ4v) is 2.97. The van der Waals surface area contributed by atoms with Crippen molar-refractivity contribution < 1.29 is 14.5 Å². The van der Waals surface area contributed by atoms with E-state index in [1.807, 2.05) is 25.1 Å². The Morgan fingerprint density at radius 3 is 2.62 bits per heavy atom. The number of amides is 2. The van der Waals surface area contributed by atoms with E-state index in [-0.39, 0.29) is 17.7 Å². The number of hydrogen-bond donors (Lipinski definition) is 3. The molecule has 0 saturated carbocycles. The first-order chi connectivity index (χ1) is 9.95. The van der Waals surface area contributed by atoms with Gasteiger partial charge in [0.25, 0.3) is 5.91 Å². The van der Waals surface area contributed by atoms with Crippen LogP contribution in [0.2, 0.25) is 0 Å². The zero-order chi connectivity index (χ0) is 15.4. The number of anilines is 1. The molecule has 0 bridgehead atoms. The molecule has 4 N–H and O–H groups in total. The highest BCUT2D eigenvalue weighted by molar-refractivity contribution is 9.10. The molecule has 1 aliphatic heterocycles. The predicted molar refractivity (Wildman–Crippen MR) is 85.0 cm³/mol. The lowest BCUT2D eigenvalue weighted by Gasteiger charge is -2.27. The summed E-state index contributed by atoms with van der Waals surface area (Å²) in [5, 5.41) is 2.91. The monoisotopic (exact) mass is 354 g/mol. The molecule has 1 heterocycles. The molecular formula is C15H21BrN3O2+. The van der Waals surface area contributed by atoms with E-state index in [0.717, 1.165) is 41.7 Å². The second kappa shape index (κ2) is 7.04. The normalized spacial score (nSPS) is 21.8. The van der Waals surface area contributed by atoms with E-state index in [2.05, 4.69) is 21.2 Å². The van der Waals surface area contributed by atoms with Crippen LogP contribution in [0.4, 0.5) is 5.69 Å². The highest BCUT2D eigenvalue weighted by Gasteiger charge is 2.26. The first-order valence-electron chi connectivity index (χ1n) is 7.14. The Balaban J connectivity index is 1.82. The Bertz CT molecular complexity index is 540. The van der Waals surface area contributed by atoms with E-state index in [1.165, 1.54) is 4.90 Å². The van der Waals surface area contributed by atoms with Gasteiger partial charge in [-0.25, -0.2) is 0 Å². The highest BCUT2D eigenvalue weighted by atomic mass is 79.9. The second-order valence-corrected chi connectivity index (χ2v) is 6.47. The quantitative estimate of drug-likeness (QED) is 0.735. The van der Waals surface area contributed by atoms with E-state index in [1.54, 1.807) is 0 Å². The number of rotatable bonds is 4. The Hall–Kier alpha value is -1.40. The summed E-state index contributed by atoms with van der Waals surface area (Å²) in [5.41, 5.74) is 7.24. The number of aryl methyl sites for hydroxylation is 1. The molecule has 114 valence electrons. The number of nitrogens with two attached hydrogens (primary N) is 1. The molecule has 5 nitrogen and oxygen atoms in total. The Morgan fingerprint density at radius 1 is 1.38 bits per heavy atom. The lowest BCUT2D eigenvalue weighted by atomic mass is 9.96. The minimum atomic E-state index is -0.219. The van der Waals surface area contributed by atoms with Gasteiger partial charge in [-0.1, -0.05) is 22.0 Å². The number of primary amides is 1. The summed E-state index contributed by atoms with van der Waals surface area (Å²) in [5.74, 6) is -0.244. The minimum Gasteiger partial charge on any atom is -0.369 e. The van der Waals surface area contributed by atoms with Crippen molar-refractivity contribution in [1.82, 2.24) is 0 Å². The lowest BCUT2D eigenvalue weighted by Crippen LogP contribution is -3.14. The van der Waals surface area contributed by atoms with Gasteiger partial charge in [0.1, 0.15) is 0 Å². The van der Waals surface area contributed by atoms with Crippen LogP contribution in [0, 0.1) is 12.8 Å². The number of halogens is 1. The molecule has 0 aliphatic carbocycles. The number of carbonyl (C=O) groups is 2. The fourth-order valence-electron chi connectivity index (χ4n) is 2.59. The number of benzene rings is 1. The molecule has 0 unspecified atom stereocenters. The van der Waals surface area contributed by atoms with Crippen LogP contribution < -0.4 is 16.0 Å². The molecule has 0 atom stereocenters. The van der Waals surface area contributed by atoms with E-state index in [9.17, 15) is 9.59 Å². The molecule has 0 radical (unpaired) electrons. The zero-order valence-electron chi connectivity index (χ0n) is 12.1. The van der Waals surface area contributed by atoms with Crippen molar-refractivity contribution in [3.8, 4) is 0 Å². The summed E-state index contributed by atoms with van der Waals surface area (Å²) in [7, 11) is 0. The third-order valence-electron chi connectivity index (χ3n) is 3.96. The molecule has 1 saturated heterocycles. The number of carbonyl (C=O) groups excluding carboxylic acids is 2. The number of quaternary nitrogens is 1. The number of nitrogens with one attached hydrogen (secondary N) is 2. The van der Waals surface area contributed by atoms with Crippen molar-refractivity contribution in [3.63, 3.8) is 0 Å². The van der Waals surface area contributed by atoms with Crippen LogP contribution in [0.1, 0.15) is 18.4 Å². The standard InChI is InChI=1S/C15H20BrN3O2/c1-10-2-3-12(8-13(10)16)18-14(20)9-19-6-4-11(5-7-19)15(17)21/h2-3,8,11H,4-7,9H2,1H3,(H2,17,21)(H,18,20)/p+1. The van der Waals surface area contributed by atoms with Crippen LogP contribution in [-0.2, 0) is 9.59 Å². The fraction of sp³-hybridized carbons (Fsp3) is 0.467. The maximum atomic E-state index is 12.1. The average Bonchev–Trinajstić information content (AvgIpc) is 2.43. The second-order valence-electron chi connectivity index (χ2n) is 5.62. The zero-order valence-corrected chi connectivity index (χ0v) is 13.7. The van der Waals surface area contributed by atoms with Gasteiger partial charge in [-0.2, -0.15) is 0 Å². The van der Waals surface area contributed by atoms with Crippen LogP contribution in [0.25, 0.3) is 0 Å². The largest absolute Gasteiger partial charge is 0.369 e. The molecule has 0 spiro atoms. The maximum absolute atomic E-state index is 12.1. The van der Waals surface area contributed by atoms with Gasteiger partial charge in [0, 0.05) is 28.9 Å². The SMILES string of the molecule is Cc1ccc(NC(=O)C[NH+]2CCC(C(N)=O)CC2)cc1Br. The smallest absolute Gasteiger partial charge is 0.279 e. The number of hydrogen-bond acceptors (Lipinski definition) is 2. The molecule has 1 aromatic carbocycles. The van der Waals surface area contributed by atoms with Gasteiger partial charge in [0.15, 0.2) is 6.54 Å². The third kappa shape index (κ3) is 4.54. The molecule has 0 aromatic heterocycles. The van der Waals surface area contributed by atoms with E-state index in [0.29, 0.717) is 6.54 Å². The van der Waals surface area contributed by atoms with Gasteiger partial charge in [-0.05, 0) is 24.6 Å². The molecule has 21 heavy (non-hydrogen) atoms. The van der Waals surface area contributed by atoms with Crippen molar-refractivity contribution in [3.05, 3.63) is 28.2 Å². The van der Waals surface area contributed by atoms with Gasteiger partial charge < -0.3 is 16.0 Å². The van der Waals surface area contributed by atoms with E-state index in [4.69, 9.17) is 5.73 Å². The topological polar surface area (TPSA) is 76.6 Å². The summed E-state index contributed by atoms with van der Waals surface area (Å²) in [6.07, 6.45) is 1.54. The van der Waals surface area contributed by atoms with Crippen LogP contribution in [-0.4, -0.2) is 31.4 Å². The summed E-state index contributed by atoms with van der Waals surface area (Å²) in [4.78, 5) is 24.4. The van der Waals surface area contributed by atoms with E-state index >= 15 is 0 Å². The van der Waals surface area contributed by atoms with Gasteiger partial charge in [-0.15, -0.1) is 0 Å². The molecule has 1 aromatic rings. The van der Waals surface area contributed by atoms with Crippen LogP contribution in [0.3, 0.4) is 0 Å². The van der Waals surface area contributed by atoms with Crippen molar-refractivity contribution in [2.75, 3.05) is 25.0 Å². The Kier molecular flexibility index (Phi) is 5.36. The minimum absolute atomic E-state index is 0.00159. The number of piperidine rings is 1. The summed E-state index contributed by atoms with van der Waals surface area (Å²) in [6.45, 7) is 4.07. The summed E-state index contributed by atoms with van der Waals surface area (Å²) in [6, 6.07) is 5.76. The van der Waals surface area contributed by atoms with Crippen molar-refractivity contribution in [2.24, 2.45) is 11.7 Å². The summed E-state index contributed by atoms with van der Waals surface area (Å²) < 4.78 is 0.981. The molecule has 1 fully saturated rings. The van der Waals surface area contributed by atoms with Gasteiger partial charge in [0.2, 0.25) is 5.91 Å². The Morgan fingerprint density at radius 2 is 2.05 bits per heavy atom. The van der Waals surface area contributed by atoms with Crippen LogP contribution in [0.15, 0.2) is 22.7 Å². The predicted octanol–water partition coefficient (Wildman–Crippen LogP) is 0.476. The molecule has 2 amide bonds. The van der Waals surface area contributed by atoms with Gasteiger partial charge in [-0.3, -0.25) is 9.59 Å². The molecule has 6 heteroatoms. The highest BCUT2D eigenvalue weighted by Crippen LogP contribution is 2.20. The molecule has 1 aliphatic rings. The average molecular weight is 355 g/mol. The Labute approximate surface area is 133 Å². The lowest BCUT2D eigenvalue weighted by molar-refractivity contribution is -0.897. The van der Waals surface area contributed by atoms with E-state index < -0.39 is 0 Å². The maximum Gasteiger partial charge on any atom is 0.279 e. The van der Waals surface area contributed by atoms with Gasteiger partial charge >= 0.3 is 0 Å².